The smallest absolute Gasteiger partial charge is 0.304 e. The number of nitrogens with one attached hydrogen (secondary N) is 1. The van der Waals surface area contributed by atoms with E-state index in [-0.39, 0.29) is 24.6 Å². The van der Waals surface area contributed by atoms with Crippen LogP contribution in [0.15, 0.2) is 78.9 Å². The number of carbonyl (C=O) groups is 2. The molecular formula is C31H39FN4O4S. The van der Waals surface area contributed by atoms with Crippen LogP contribution >= 0.6 is 0 Å². The van der Waals surface area contributed by atoms with Crippen molar-refractivity contribution in [3.05, 3.63) is 101 Å². The molecule has 3 aromatic rings. The molecule has 0 aliphatic heterocycles. The van der Waals surface area contributed by atoms with Crippen LogP contribution in [-0.2, 0) is 32.8 Å². The minimum Gasteiger partial charge on any atom is -0.350 e. The third-order valence-electron chi connectivity index (χ3n) is 6.50. The van der Waals surface area contributed by atoms with Crippen LogP contribution in [0.25, 0.3) is 0 Å². The number of halogens is 1. The summed E-state index contributed by atoms with van der Waals surface area (Å²) in [5.74, 6) is -1.47. The predicted octanol–water partition coefficient (Wildman–Crippen LogP) is 4.30. The van der Waals surface area contributed by atoms with Crippen molar-refractivity contribution >= 4 is 27.7 Å². The van der Waals surface area contributed by atoms with Gasteiger partial charge in [-0.05, 0) is 68.7 Å². The van der Waals surface area contributed by atoms with Gasteiger partial charge < -0.3 is 10.2 Å². The summed E-state index contributed by atoms with van der Waals surface area (Å²) in [6, 6.07) is 20.9. The molecule has 0 saturated heterocycles. The number of hydrogen-bond donors (Lipinski definition) is 1. The van der Waals surface area contributed by atoms with Crippen molar-refractivity contribution in [3.63, 3.8) is 0 Å². The number of benzene rings is 3. The standard InChI is InChI=1S/C31H39FN4O4S/c1-23-12-10-11-15-25(23)21-35(28(30(38)33-31(2,3)4)20-24-13-8-7-9-14-24)29(37)22-36(41(39,40)34(5)6)27-18-16-26(32)17-19-27/h7-19,28H,20-22H2,1-6H3,(H,33,38)/t28-/m1/s1. The lowest BCUT2D eigenvalue weighted by Gasteiger charge is -2.36. The maximum absolute atomic E-state index is 14.2. The Morgan fingerprint density at radius 1 is 0.902 bits per heavy atom. The molecule has 0 aromatic heterocycles. The van der Waals surface area contributed by atoms with E-state index in [1.165, 1.54) is 31.1 Å². The number of rotatable bonds is 11. The lowest BCUT2D eigenvalue weighted by atomic mass is 10.00. The first-order valence-electron chi connectivity index (χ1n) is 13.3. The van der Waals surface area contributed by atoms with Crippen LogP contribution in [0.4, 0.5) is 10.1 Å². The van der Waals surface area contributed by atoms with Gasteiger partial charge in [0, 0.05) is 32.6 Å². The fourth-order valence-electron chi connectivity index (χ4n) is 4.30. The van der Waals surface area contributed by atoms with Crippen molar-refractivity contribution in [2.45, 2.75) is 52.2 Å². The highest BCUT2D eigenvalue weighted by Gasteiger charge is 2.35. The summed E-state index contributed by atoms with van der Waals surface area (Å²) < 4.78 is 42.4. The molecule has 8 nitrogen and oxygen atoms in total. The van der Waals surface area contributed by atoms with Crippen molar-refractivity contribution in [2.75, 3.05) is 24.9 Å². The first kappa shape index (κ1) is 31.8. The van der Waals surface area contributed by atoms with Crippen LogP contribution in [0, 0.1) is 12.7 Å². The largest absolute Gasteiger partial charge is 0.350 e. The van der Waals surface area contributed by atoms with E-state index in [1.54, 1.807) is 0 Å². The molecule has 0 saturated carbocycles. The van der Waals surface area contributed by atoms with Crippen molar-refractivity contribution in [1.29, 1.82) is 0 Å². The second-order valence-corrected chi connectivity index (χ2v) is 13.2. The minimum atomic E-state index is -4.15. The molecule has 2 amide bonds. The molecule has 10 heteroatoms. The highest BCUT2D eigenvalue weighted by atomic mass is 32.2. The maximum atomic E-state index is 14.2. The number of carbonyl (C=O) groups excluding carboxylic acids is 2. The van der Waals surface area contributed by atoms with Crippen molar-refractivity contribution < 1.29 is 22.4 Å². The number of nitrogens with zero attached hydrogens (tertiary/aromatic N) is 3. The van der Waals surface area contributed by atoms with Gasteiger partial charge in [0.05, 0.1) is 5.69 Å². The first-order chi connectivity index (χ1) is 19.2. The number of aryl methyl sites for hydroxylation is 1. The highest BCUT2D eigenvalue weighted by Crippen LogP contribution is 2.23. The van der Waals surface area contributed by atoms with E-state index in [0.29, 0.717) is 0 Å². The lowest BCUT2D eigenvalue weighted by Crippen LogP contribution is -2.56. The van der Waals surface area contributed by atoms with Crippen LogP contribution < -0.4 is 9.62 Å². The molecule has 0 spiro atoms. The Kier molecular flexibility index (Phi) is 10.3. The van der Waals surface area contributed by atoms with Gasteiger partial charge in [-0.3, -0.25) is 9.59 Å². The van der Waals surface area contributed by atoms with E-state index in [2.05, 4.69) is 5.32 Å². The Morgan fingerprint density at radius 3 is 2.05 bits per heavy atom. The second kappa shape index (κ2) is 13.3. The van der Waals surface area contributed by atoms with E-state index in [4.69, 9.17) is 0 Å². The van der Waals surface area contributed by atoms with Gasteiger partial charge in [-0.1, -0.05) is 54.6 Å². The summed E-state index contributed by atoms with van der Waals surface area (Å²) in [4.78, 5) is 29.5. The number of anilines is 1. The van der Waals surface area contributed by atoms with Crippen LogP contribution in [0.1, 0.15) is 37.5 Å². The van der Waals surface area contributed by atoms with Gasteiger partial charge >= 0.3 is 10.2 Å². The van der Waals surface area contributed by atoms with Gasteiger partial charge in [-0.2, -0.15) is 12.7 Å². The summed E-state index contributed by atoms with van der Waals surface area (Å²) in [7, 11) is -1.44. The predicted molar refractivity (Wildman–Crippen MR) is 160 cm³/mol. The van der Waals surface area contributed by atoms with Crippen molar-refractivity contribution in [2.24, 2.45) is 0 Å². The molecule has 0 fully saturated rings. The number of hydrogen-bond acceptors (Lipinski definition) is 4. The highest BCUT2D eigenvalue weighted by molar-refractivity contribution is 7.90. The molecule has 41 heavy (non-hydrogen) atoms. The molecule has 0 unspecified atom stereocenters. The van der Waals surface area contributed by atoms with Gasteiger partial charge in [0.25, 0.3) is 0 Å². The van der Waals surface area contributed by atoms with E-state index in [9.17, 15) is 22.4 Å². The summed E-state index contributed by atoms with van der Waals surface area (Å²) in [5.41, 5.74) is 2.16. The minimum absolute atomic E-state index is 0.0832. The van der Waals surface area contributed by atoms with E-state index < -0.39 is 40.1 Å². The first-order valence-corrected chi connectivity index (χ1v) is 14.7. The third-order valence-corrected chi connectivity index (χ3v) is 8.32. The van der Waals surface area contributed by atoms with Gasteiger partial charge in [-0.15, -0.1) is 0 Å². The quantitative estimate of drug-likeness (QED) is 0.365. The molecule has 0 heterocycles. The molecule has 1 N–H and O–H groups in total. The molecule has 1 atom stereocenters. The van der Waals surface area contributed by atoms with Crippen LogP contribution in [0.3, 0.4) is 0 Å². The average Bonchev–Trinajstić information content (AvgIpc) is 2.90. The molecule has 0 radical (unpaired) electrons. The Balaban J connectivity index is 2.12. The summed E-state index contributed by atoms with van der Waals surface area (Å²) in [6.45, 7) is 6.99. The van der Waals surface area contributed by atoms with Crippen molar-refractivity contribution in [3.8, 4) is 0 Å². The van der Waals surface area contributed by atoms with Crippen LogP contribution in [0.5, 0.6) is 0 Å². The Hall–Kier alpha value is -3.76. The molecular weight excluding hydrogens is 543 g/mol. The van der Waals surface area contributed by atoms with E-state index in [1.807, 2.05) is 82.3 Å². The monoisotopic (exact) mass is 582 g/mol. The Morgan fingerprint density at radius 2 is 1.49 bits per heavy atom. The topological polar surface area (TPSA) is 90.0 Å². The molecule has 3 rings (SSSR count). The fourth-order valence-corrected chi connectivity index (χ4v) is 5.36. The van der Waals surface area contributed by atoms with Gasteiger partial charge in [0.15, 0.2) is 0 Å². The summed E-state index contributed by atoms with van der Waals surface area (Å²) in [5, 5.41) is 3.00. The molecule has 220 valence electrons. The molecule has 0 aliphatic carbocycles. The molecule has 0 aliphatic rings. The van der Waals surface area contributed by atoms with Gasteiger partial charge in [-0.25, -0.2) is 8.70 Å². The zero-order chi connectivity index (χ0) is 30.4. The maximum Gasteiger partial charge on any atom is 0.304 e. The van der Waals surface area contributed by atoms with Crippen LogP contribution in [0.2, 0.25) is 0 Å². The molecule has 3 aromatic carbocycles. The van der Waals surface area contributed by atoms with E-state index in [0.717, 1.165) is 37.4 Å². The Labute approximate surface area is 243 Å². The third kappa shape index (κ3) is 8.61. The Bertz CT molecular complexity index is 1440. The fraction of sp³-hybridized carbons (Fsp3) is 0.355. The molecule has 0 bridgehead atoms. The number of amides is 2. The average molecular weight is 583 g/mol. The zero-order valence-corrected chi connectivity index (χ0v) is 25.3. The lowest BCUT2D eigenvalue weighted by molar-refractivity contribution is -0.140. The SMILES string of the molecule is Cc1ccccc1CN(C(=O)CN(c1ccc(F)cc1)S(=O)(=O)N(C)C)[C@H](Cc1ccccc1)C(=O)NC(C)(C)C. The van der Waals surface area contributed by atoms with Gasteiger partial charge in [0.2, 0.25) is 11.8 Å². The summed E-state index contributed by atoms with van der Waals surface area (Å²) in [6.07, 6.45) is 0.220. The van der Waals surface area contributed by atoms with Crippen molar-refractivity contribution in [1.82, 2.24) is 14.5 Å². The second-order valence-electron chi connectivity index (χ2n) is 11.2. The van der Waals surface area contributed by atoms with Gasteiger partial charge in [0.1, 0.15) is 18.4 Å². The summed E-state index contributed by atoms with van der Waals surface area (Å²) >= 11 is 0. The zero-order valence-electron chi connectivity index (χ0n) is 24.5. The van der Waals surface area contributed by atoms with Crippen LogP contribution in [-0.4, -0.2) is 61.7 Å². The normalized spacial score (nSPS) is 12.6. The van der Waals surface area contributed by atoms with E-state index >= 15 is 0 Å².